The molecule has 0 bridgehead atoms. The van der Waals surface area contributed by atoms with Crippen LogP contribution in [0.2, 0.25) is 0 Å². The van der Waals surface area contributed by atoms with Gasteiger partial charge in [0.25, 0.3) is 0 Å². The van der Waals surface area contributed by atoms with Crippen LogP contribution in [0.5, 0.6) is 5.75 Å². The van der Waals surface area contributed by atoms with E-state index in [1.54, 1.807) is 18.4 Å². The predicted octanol–water partition coefficient (Wildman–Crippen LogP) is 3.88. The van der Waals surface area contributed by atoms with Crippen LogP contribution in [0.15, 0.2) is 33.4 Å². The average Bonchev–Trinajstić information content (AvgIpc) is 2.74. The number of ether oxygens (including phenoxy) is 1. The molecule has 90 valence electrons. The van der Waals surface area contributed by atoms with Gasteiger partial charge in [0, 0.05) is 15.4 Å². The van der Waals surface area contributed by atoms with Crippen LogP contribution in [-0.2, 0) is 0 Å². The second kappa shape index (κ2) is 5.21. The average molecular weight is 312 g/mol. The minimum absolute atomic E-state index is 0.161. The summed E-state index contributed by atoms with van der Waals surface area (Å²) >= 11 is 5.15. The topological polar surface area (TPSA) is 35.2 Å². The van der Waals surface area contributed by atoms with Gasteiger partial charge in [-0.15, -0.1) is 0 Å². The maximum absolute atomic E-state index is 6.28. The van der Waals surface area contributed by atoms with Gasteiger partial charge < -0.3 is 10.5 Å². The van der Waals surface area contributed by atoms with Crippen molar-refractivity contribution in [1.82, 2.24) is 0 Å². The second-order valence-electron chi connectivity index (χ2n) is 3.90. The Labute approximate surface area is 114 Å². The van der Waals surface area contributed by atoms with E-state index in [0.29, 0.717) is 0 Å². The summed E-state index contributed by atoms with van der Waals surface area (Å²) in [7, 11) is 1.67. The van der Waals surface area contributed by atoms with E-state index in [9.17, 15) is 0 Å². The molecule has 2 N–H and O–H groups in total. The fraction of sp³-hybridized carbons (Fsp3) is 0.231. The molecule has 1 aromatic carbocycles. The molecule has 4 heteroatoms. The Bertz CT molecular complexity index is 524. The van der Waals surface area contributed by atoms with Crippen molar-refractivity contribution in [2.24, 2.45) is 5.73 Å². The molecule has 17 heavy (non-hydrogen) atoms. The molecule has 0 spiro atoms. The Morgan fingerprint density at radius 2 is 2.06 bits per heavy atom. The molecule has 0 saturated heterocycles. The molecule has 0 radical (unpaired) electrons. The highest BCUT2D eigenvalue weighted by Crippen LogP contribution is 2.34. The van der Waals surface area contributed by atoms with Crippen molar-refractivity contribution < 1.29 is 4.74 Å². The number of benzene rings is 1. The molecule has 2 aromatic rings. The SMILES string of the molecule is COc1cc(C)ccc1C(N)c1cscc1Br. The van der Waals surface area contributed by atoms with Gasteiger partial charge in [-0.2, -0.15) is 11.3 Å². The van der Waals surface area contributed by atoms with E-state index in [2.05, 4.69) is 27.4 Å². The summed E-state index contributed by atoms with van der Waals surface area (Å²) in [6.07, 6.45) is 0. The fourth-order valence-electron chi connectivity index (χ4n) is 1.76. The lowest BCUT2D eigenvalue weighted by Gasteiger charge is -2.16. The number of hydrogen-bond acceptors (Lipinski definition) is 3. The Balaban J connectivity index is 2.44. The highest BCUT2D eigenvalue weighted by molar-refractivity contribution is 9.10. The summed E-state index contributed by atoms with van der Waals surface area (Å²) in [5.41, 5.74) is 9.56. The zero-order valence-electron chi connectivity index (χ0n) is 9.74. The normalized spacial score (nSPS) is 12.5. The molecule has 2 rings (SSSR count). The van der Waals surface area contributed by atoms with Gasteiger partial charge in [0.1, 0.15) is 5.75 Å². The first-order valence-electron chi connectivity index (χ1n) is 5.25. The minimum Gasteiger partial charge on any atom is -0.496 e. The molecule has 0 fully saturated rings. The Kier molecular flexibility index (Phi) is 3.86. The molecule has 0 aliphatic carbocycles. The number of aryl methyl sites for hydroxylation is 1. The van der Waals surface area contributed by atoms with E-state index in [-0.39, 0.29) is 6.04 Å². The molecule has 1 unspecified atom stereocenters. The molecule has 0 aliphatic heterocycles. The molecular weight excluding hydrogens is 298 g/mol. The van der Waals surface area contributed by atoms with Gasteiger partial charge in [-0.25, -0.2) is 0 Å². The van der Waals surface area contributed by atoms with Gasteiger partial charge in [-0.05, 0) is 45.4 Å². The highest BCUT2D eigenvalue weighted by atomic mass is 79.9. The smallest absolute Gasteiger partial charge is 0.124 e. The van der Waals surface area contributed by atoms with Gasteiger partial charge in [-0.1, -0.05) is 12.1 Å². The Morgan fingerprint density at radius 3 is 2.65 bits per heavy atom. The van der Waals surface area contributed by atoms with E-state index in [1.807, 2.05) is 24.4 Å². The van der Waals surface area contributed by atoms with Gasteiger partial charge in [0.2, 0.25) is 0 Å². The van der Waals surface area contributed by atoms with E-state index in [4.69, 9.17) is 10.5 Å². The van der Waals surface area contributed by atoms with Crippen molar-refractivity contribution in [1.29, 1.82) is 0 Å². The minimum atomic E-state index is -0.161. The third kappa shape index (κ3) is 2.54. The highest BCUT2D eigenvalue weighted by Gasteiger charge is 2.17. The van der Waals surface area contributed by atoms with Crippen molar-refractivity contribution in [2.45, 2.75) is 13.0 Å². The lowest BCUT2D eigenvalue weighted by atomic mass is 10.00. The molecule has 1 atom stereocenters. The molecule has 1 heterocycles. The van der Waals surface area contributed by atoms with Crippen LogP contribution in [0.25, 0.3) is 0 Å². The number of thiophene rings is 1. The number of hydrogen-bond donors (Lipinski definition) is 1. The van der Waals surface area contributed by atoms with E-state index in [1.165, 1.54) is 5.56 Å². The lowest BCUT2D eigenvalue weighted by molar-refractivity contribution is 0.407. The summed E-state index contributed by atoms with van der Waals surface area (Å²) in [6, 6.07) is 5.93. The molecule has 0 saturated carbocycles. The first kappa shape index (κ1) is 12.6. The number of methoxy groups -OCH3 is 1. The van der Waals surface area contributed by atoms with Gasteiger partial charge in [0.05, 0.1) is 13.2 Å². The zero-order chi connectivity index (χ0) is 12.4. The fourth-order valence-corrected chi connectivity index (χ4v) is 3.34. The van der Waals surface area contributed by atoms with Crippen molar-refractivity contribution >= 4 is 27.3 Å². The van der Waals surface area contributed by atoms with Crippen LogP contribution in [0.3, 0.4) is 0 Å². The van der Waals surface area contributed by atoms with E-state index < -0.39 is 0 Å². The number of halogens is 1. The van der Waals surface area contributed by atoms with Crippen molar-refractivity contribution in [3.8, 4) is 5.75 Å². The Morgan fingerprint density at radius 1 is 1.29 bits per heavy atom. The largest absolute Gasteiger partial charge is 0.496 e. The van der Waals surface area contributed by atoms with E-state index >= 15 is 0 Å². The van der Waals surface area contributed by atoms with Crippen LogP contribution in [0, 0.1) is 6.92 Å². The first-order chi connectivity index (χ1) is 8.13. The summed E-state index contributed by atoms with van der Waals surface area (Å²) in [5.74, 6) is 0.843. The van der Waals surface area contributed by atoms with Crippen LogP contribution in [-0.4, -0.2) is 7.11 Å². The van der Waals surface area contributed by atoms with Crippen LogP contribution in [0.4, 0.5) is 0 Å². The van der Waals surface area contributed by atoms with Crippen LogP contribution < -0.4 is 10.5 Å². The van der Waals surface area contributed by atoms with Gasteiger partial charge >= 0.3 is 0 Å². The molecule has 0 aliphatic rings. The number of rotatable bonds is 3. The summed E-state index contributed by atoms with van der Waals surface area (Å²) in [6.45, 7) is 2.04. The third-order valence-electron chi connectivity index (χ3n) is 2.70. The third-order valence-corrected chi connectivity index (χ3v) is 4.45. The standard InChI is InChI=1S/C13H14BrNOS/c1-8-3-4-9(12(5-8)16-2)13(15)10-6-17-7-11(10)14/h3-7,13H,15H2,1-2H3. The maximum Gasteiger partial charge on any atom is 0.124 e. The van der Waals surface area contributed by atoms with Crippen molar-refractivity contribution in [2.75, 3.05) is 7.11 Å². The second-order valence-corrected chi connectivity index (χ2v) is 5.50. The molecule has 0 amide bonds. The van der Waals surface area contributed by atoms with Crippen LogP contribution >= 0.6 is 27.3 Å². The van der Waals surface area contributed by atoms with Gasteiger partial charge in [0.15, 0.2) is 0 Å². The molecule has 1 aromatic heterocycles. The predicted molar refractivity (Wildman–Crippen MR) is 75.8 cm³/mol. The monoisotopic (exact) mass is 311 g/mol. The van der Waals surface area contributed by atoms with Crippen molar-refractivity contribution in [3.05, 3.63) is 50.1 Å². The molecular formula is C13H14BrNOS. The molecule has 2 nitrogen and oxygen atoms in total. The maximum atomic E-state index is 6.28. The first-order valence-corrected chi connectivity index (χ1v) is 6.98. The lowest BCUT2D eigenvalue weighted by Crippen LogP contribution is -2.12. The zero-order valence-corrected chi connectivity index (χ0v) is 12.1. The van der Waals surface area contributed by atoms with Crippen molar-refractivity contribution in [3.63, 3.8) is 0 Å². The quantitative estimate of drug-likeness (QED) is 0.933. The van der Waals surface area contributed by atoms with Crippen LogP contribution in [0.1, 0.15) is 22.7 Å². The van der Waals surface area contributed by atoms with E-state index in [0.717, 1.165) is 21.3 Å². The van der Waals surface area contributed by atoms with Gasteiger partial charge in [-0.3, -0.25) is 0 Å². The summed E-state index contributed by atoms with van der Waals surface area (Å²) < 4.78 is 6.45. The number of nitrogens with two attached hydrogens (primary N) is 1. The summed E-state index contributed by atoms with van der Waals surface area (Å²) in [4.78, 5) is 0. The Hall–Kier alpha value is -0.840. The summed E-state index contributed by atoms with van der Waals surface area (Å²) in [5, 5.41) is 4.10.